The van der Waals surface area contributed by atoms with Crippen molar-refractivity contribution >= 4 is 27.3 Å². The van der Waals surface area contributed by atoms with Crippen molar-refractivity contribution in [3.8, 4) is 5.75 Å². The molecule has 0 fully saturated rings. The van der Waals surface area contributed by atoms with E-state index in [1.165, 1.54) is 24.3 Å². The molecule has 0 aliphatic rings. The maximum Gasteiger partial charge on any atom is 0.251 e. The number of benzene rings is 2. The molecular weight excluding hydrogens is 408 g/mol. The molecular formula is C21H22N2O4S2. The number of ether oxygens (including phenoxy) is 1. The Labute approximate surface area is 174 Å². The van der Waals surface area contributed by atoms with Gasteiger partial charge in [-0.15, -0.1) is 11.3 Å². The number of hydrogen-bond donors (Lipinski definition) is 2. The summed E-state index contributed by atoms with van der Waals surface area (Å²) in [6.07, 6.45) is 0.641. The molecule has 0 saturated carbocycles. The molecule has 0 saturated heterocycles. The van der Waals surface area contributed by atoms with Crippen LogP contribution in [0.3, 0.4) is 0 Å². The van der Waals surface area contributed by atoms with Gasteiger partial charge in [0.2, 0.25) is 10.0 Å². The van der Waals surface area contributed by atoms with Crippen molar-refractivity contribution in [2.75, 3.05) is 13.7 Å². The highest BCUT2D eigenvalue weighted by Crippen LogP contribution is 2.14. The van der Waals surface area contributed by atoms with Gasteiger partial charge in [-0.3, -0.25) is 4.79 Å². The lowest BCUT2D eigenvalue weighted by atomic mass is 10.2. The molecule has 2 aromatic carbocycles. The van der Waals surface area contributed by atoms with Crippen molar-refractivity contribution in [3.05, 3.63) is 82.0 Å². The van der Waals surface area contributed by atoms with Gasteiger partial charge in [0.25, 0.3) is 5.91 Å². The predicted octanol–water partition coefficient (Wildman–Crippen LogP) is 3.21. The lowest BCUT2D eigenvalue weighted by Gasteiger charge is -2.09. The van der Waals surface area contributed by atoms with Gasteiger partial charge in [0.15, 0.2) is 0 Å². The van der Waals surface area contributed by atoms with E-state index in [2.05, 4.69) is 10.0 Å². The zero-order chi connectivity index (χ0) is 20.7. The minimum atomic E-state index is -3.61. The van der Waals surface area contributed by atoms with Crippen LogP contribution in [0.4, 0.5) is 0 Å². The summed E-state index contributed by atoms with van der Waals surface area (Å²) < 4.78 is 32.5. The first-order chi connectivity index (χ1) is 14.0. The molecule has 0 aliphatic heterocycles. The van der Waals surface area contributed by atoms with E-state index in [-0.39, 0.29) is 10.8 Å². The van der Waals surface area contributed by atoms with Crippen LogP contribution >= 0.6 is 11.3 Å². The largest absolute Gasteiger partial charge is 0.497 e. The Bertz CT molecular complexity index is 1050. The van der Waals surface area contributed by atoms with Gasteiger partial charge < -0.3 is 10.1 Å². The second-order valence-electron chi connectivity index (χ2n) is 6.29. The van der Waals surface area contributed by atoms with Crippen LogP contribution in [0.25, 0.3) is 0 Å². The zero-order valence-corrected chi connectivity index (χ0v) is 17.6. The summed E-state index contributed by atoms with van der Waals surface area (Å²) in [4.78, 5) is 13.6. The van der Waals surface area contributed by atoms with E-state index in [0.717, 1.165) is 16.2 Å². The van der Waals surface area contributed by atoms with E-state index in [1.807, 2.05) is 41.8 Å². The Morgan fingerprint density at radius 3 is 2.55 bits per heavy atom. The highest BCUT2D eigenvalue weighted by atomic mass is 32.2. The third kappa shape index (κ3) is 5.90. The fourth-order valence-electron chi connectivity index (χ4n) is 2.70. The van der Waals surface area contributed by atoms with Crippen molar-refractivity contribution in [3.63, 3.8) is 0 Å². The predicted molar refractivity (Wildman–Crippen MR) is 114 cm³/mol. The third-order valence-corrected chi connectivity index (χ3v) is 6.67. The Morgan fingerprint density at radius 2 is 1.86 bits per heavy atom. The van der Waals surface area contributed by atoms with Gasteiger partial charge in [0, 0.05) is 23.5 Å². The van der Waals surface area contributed by atoms with Crippen LogP contribution in [0, 0.1) is 0 Å². The molecule has 0 bridgehead atoms. The number of hydrogen-bond acceptors (Lipinski definition) is 5. The summed E-state index contributed by atoms with van der Waals surface area (Å²) in [5.74, 6) is 0.445. The number of carbonyl (C=O) groups is 1. The molecule has 0 aliphatic carbocycles. The molecule has 29 heavy (non-hydrogen) atoms. The highest BCUT2D eigenvalue weighted by Gasteiger charge is 2.14. The summed E-state index contributed by atoms with van der Waals surface area (Å²) in [6.45, 7) is 0.673. The number of thiophene rings is 1. The fourth-order valence-corrected chi connectivity index (χ4v) is 4.44. The Hall–Kier alpha value is -2.68. The summed E-state index contributed by atoms with van der Waals surface area (Å²) in [7, 11) is -2.02. The van der Waals surface area contributed by atoms with Crippen molar-refractivity contribution in [2.24, 2.45) is 0 Å². The molecule has 0 unspecified atom stereocenters. The number of methoxy groups -OCH3 is 1. The number of sulfonamides is 1. The molecule has 1 aromatic heterocycles. The molecule has 0 radical (unpaired) electrons. The van der Waals surface area contributed by atoms with Crippen molar-refractivity contribution in [1.82, 2.24) is 10.0 Å². The average molecular weight is 431 g/mol. The molecule has 2 N–H and O–H groups in total. The van der Waals surface area contributed by atoms with Crippen LogP contribution < -0.4 is 14.8 Å². The van der Waals surface area contributed by atoms with Crippen LogP contribution in [0.2, 0.25) is 0 Å². The quantitative estimate of drug-likeness (QED) is 0.546. The Morgan fingerprint density at radius 1 is 1.07 bits per heavy atom. The minimum Gasteiger partial charge on any atom is -0.497 e. The molecule has 0 spiro atoms. The normalized spacial score (nSPS) is 11.2. The Kier molecular flexibility index (Phi) is 7.03. The molecule has 152 valence electrons. The SMILES string of the molecule is COc1cccc(CNC(=O)c2ccc(S(=O)(=O)NCCc3cccs3)cc2)c1. The van der Waals surface area contributed by atoms with Crippen LogP contribution in [0.15, 0.2) is 70.9 Å². The minimum absolute atomic E-state index is 0.132. The molecule has 6 nitrogen and oxygen atoms in total. The van der Waals surface area contributed by atoms with Crippen LogP contribution in [0.1, 0.15) is 20.8 Å². The molecule has 3 rings (SSSR count). The zero-order valence-electron chi connectivity index (χ0n) is 15.9. The van der Waals surface area contributed by atoms with E-state index < -0.39 is 10.0 Å². The molecule has 1 heterocycles. The van der Waals surface area contributed by atoms with Gasteiger partial charge in [-0.1, -0.05) is 18.2 Å². The maximum atomic E-state index is 12.4. The lowest BCUT2D eigenvalue weighted by molar-refractivity contribution is 0.0950. The lowest BCUT2D eigenvalue weighted by Crippen LogP contribution is -2.26. The van der Waals surface area contributed by atoms with Crippen LogP contribution in [-0.2, 0) is 23.0 Å². The molecule has 1 amide bonds. The first-order valence-corrected chi connectivity index (χ1v) is 11.4. The van der Waals surface area contributed by atoms with Gasteiger partial charge in [-0.05, 0) is 59.8 Å². The molecule has 8 heteroatoms. The molecule has 0 atom stereocenters. The first-order valence-electron chi connectivity index (χ1n) is 9.01. The second-order valence-corrected chi connectivity index (χ2v) is 9.08. The smallest absolute Gasteiger partial charge is 0.251 e. The van der Waals surface area contributed by atoms with Gasteiger partial charge in [-0.2, -0.15) is 0 Å². The van der Waals surface area contributed by atoms with Gasteiger partial charge in [0.05, 0.1) is 12.0 Å². The molecule has 3 aromatic rings. The monoisotopic (exact) mass is 430 g/mol. The van der Waals surface area contributed by atoms with Crippen LogP contribution in [0.5, 0.6) is 5.75 Å². The average Bonchev–Trinajstić information content (AvgIpc) is 3.25. The van der Waals surface area contributed by atoms with E-state index >= 15 is 0 Å². The van der Waals surface area contributed by atoms with Gasteiger partial charge >= 0.3 is 0 Å². The van der Waals surface area contributed by atoms with Crippen molar-refractivity contribution < 1.29 is 17.9 Å². The van der Waals surface area contributed by atoms with Crippen molar-refractivity contribution in [1.29, 1.82) is 0 Å². The van der Waals surface area contributed by atoms with E-state index in [9.17, 15) is 13.2 Å². The summed E-state index contributed by atoms with van der Waals surface area (Å²) in [5.41, 5.74) is 1.30. The topological polar surface area (TPSA) is 84.5 Å². The second kappa shape index (κ2) is 9.69. The van der Waals surface area contributed by atoms with Gasteiger partial charge in [0.1, 0.15) is 5.75 Å². The number of carbonyl (C=O) groups excluding carboxylic acids is 1. The number of amides is 1. The summed E-state index contributed by atoms with van der Waals surface area (Å²) in [6, 6.07) is 17.2. The summed E-state index contributed by atoms with van der Waals surface area (Å²) >= 11 is 1.59. The Balaban J connectivity index is 1.55. The number of nitrogens with one attached hydrogen (secondary N) is 2. The standard InChI is InChI=1S/C21H22N2O4S2/c1-27-18-5-2-4-16(14-18)15-22-21(24)17-7-9-20(10-8-17)29(25,26)23-12-11-19-6-3-13-28-19/h2-10,13-14,23H,11-12,15H2,1H3,(H,22,24). The van der Waals surface area contributed by atoms with Gasteiger partial charge in [-0.25, -0.2) is 13.1 Å². The summed E-state index contributed by atoms with van der Waals surface area (Å²) in [5, 5.41) is 4.78. The van der Waals surface area contributed by atoms with E-state index in [0.29, 0.717) is 25.1 Å². The first kappa shape index (κ1) is 21.0. The van der Waals surface area contributed by atoms with E-state index in [1.54, 1.807) is 18.4 Å². The number of rotatable bonds is 9. The van der Waals surface area contributed by atoms with Crippen molar-refractivity contribution in [2.45, 2.75) is 17.9 Å². The third-order valence-electron chi connectivity index (χ3n) is 4.26. The highest BCUT2D eigenvalue weighted by molar-refractivity contribution is 7.89. The fraction of sp³-hybridized carbons (Fsp3) is 0.190. The van der Waals surface area contributed by atoms with Crippen LogP contribution in [-0.4, -0.2) is 28.0 Å². The van der Waals surface area contributed by atoms with E-state index in [4.69, 9.17) is 4.74 Å². The maximum absolute atomic E-state index is 12.4.